The van der Waals surface area contributed by atoms with Crippen LogP contribution in [0.3, 0.4) is 0 Å². The van der Waals surface area contributed by atoms with Gasteiger partial charge >= 0.3 is 0 Å². The van der Waals surface area contributed by atoms with Crippen LogP contribution < -0.4 is 5.32 Å². The zero-order valence-corrected chi connectivity index (χ0v) is 15.9. The van der Waals surface area contributed by atoms with Crippen LogP contribution in [0.4, 0.5) is 0 Å². The molecule has 0 aliphatic carbocycles. The second-order valence-corrected chi connectivity index (χ2v) is 7.39. The predicted octanol–water partition coefficient (Wildman–Crippen LogP) is 3.27. The number of H-pyrrole nitrogens is 1. The fourth-order valence-corrected chi connectivity index (χ4v) is 3.87. The Hall–Kier alpha value is -3.08. The maximum absolute atomic E-state index is 12.7. The number of benzene rings is 2. The Morgan fingerprint density at radius 3 is 2.50 bits per heavy atom. The number of likely N-dealkylation sites (tertiary alicyclic amines) is 1. The van der Waals surface area contributed by atoms with Crippen molar-refractivity contribution in [2.75, 3.05) is 13.1 Å². The molecule has 144 valence electrons. The van der Waals surface area contributed by atoms with Crippen LogP contribution in [-0.2, 0) is 22.6 Å². The van der Waals surface area contributed by atoms with Crippen LogP contribution >= 0.6 is 0 Å². The molecule has 3 aromatic rings. The van der Waals surface area contributed by atoms with E-state index in [2.05, 4.69) is 10.3 Å². The molecule has 0 bridgehead atoms. The molecule has 1 fully saturated rings. The van der Waals surface area contributed by atoms with Gasteiger partial charge in [0.15, 0.2) is 0 Å². The molecule has 2 amide bonds. The van der Waals surface area contributed by atoms with E-state index in [9.17, 15) is 9.59 Å². The Morgan fingerprint density at radius 2 is 1.71 bits per heavy atom. The van der Waals surface area contributed by atoms with E-state index in [1.54, 1.807) is 0 Å². The number of nitrogens with one attached hydrogen (secondary N) is 2. The third kappa shape index (κ3) is 4.09. The molecule has 0 atom stereocenters. The van der Waals surface area contributed by atoms with Gasteiger partial charge in [-0.3, -0.25) is 9.59 Å². The number of carbonyl (C=O) groups is 2. The summed E-state index contributed by atoms with van der Waals surface area (Å²) in [6.45, 7) is 1.84. The molecule has 5 nitrogen and oxygen atoms in total. The molecule has 2 aromatic carbocycles. The average molecular weight is 375 g/mol. The van der Waals surface area contributed by atoms with Gasteiger partial charge in [0, 0.05) is 42.7 Å². The largest absolute Gasteiger partial charge is 0.361 e. The average Bonchev–Trinajstić information content (AvgIpc) is 3.16. The van der Waals surface area contributed by atoms with E-state index in [0.717, 1.165) is 34.9 Å². The van der Waals surface area contributed by atoms with E-state index in [-0.39, 0.29) is 17.7 Å². The highest BCUT2D eigenvalue weighted by molar-refractivity contribution is 5.89. The lowest BCUT2D eigenvalue weighted by atomic mass is 9.95. The summed E-state index contributed by atoms with van der Waals surface area (Å²) in [7, 11) is 0. The van der Waals surface area contributed by atoms with E-state index in [4.69, 9.17) is 0 Å². The fraction of sp³-hybridized carbons (Fsp3) is 0.304. The number of rotatable bonds is 5. The van der Waals surface area contributed by atoms with Gasteiger partial charge in [-0.1, -0.05) is 48.5 Å². The zero-order chi connectivity index (χ0) is 19.3. The highest BCUT2D eigenvalue weighted by Crippen LogP contribution is 2.21. The van der Waals surface area contributed by atoms with Crippen LogP contribution in [0.1, 0.15) is 24.0 Å². The third-order valence-corrected chi connectivity index (χ3v) is 5.54. The fourth-order valence-electron chi connectivity index (χ4n) is 3.87. The summed E-state index contributed by atoms with van der Waals surface area (Å²) in [6, 6.07) is 18.0. The van der Waals surface area contributed by atoms with Gasteiger partial charge in [-0.15, -0.1) is 0 Å². The van der Waals surface area contributed by atoms with E-state index in [1.165, 1.54) is 0 Å². The molecule has 0 spiro atoms. The van der Waals surface area contributed by atoms with Crippen LogP contribution in [0, 0.1) is 5.92 Å². The Kier molecular flexibility index (Phi) is 5.42. The smallest absolute Gasteiger partial charge is 0.227 e. The van der Waals surface area contributed by atoms with Crippen LogP contribution in [0.2, 0.25) is 0 Å². The molecular formula is C23H25N3O2. The Balaban J connectivity index is 1.27. The standard InChI is InChI=1S/C23H25N3O2/c27-22(14-19-16-24-21-9-5-4-8-20(19)21)26-12-10-18(11-13-26)23(28)25-15-17-6-2-1-3-7-17/h1-9,16,18,24H,10-15H2,(H,25,28). The van der Waals surface area contributed by atoms with Gasteiger partial charge in [-0.2, -0.15) is 0 Å². The van der Waals surface area contributed by atoms with Crippen LogP contribution in [-0.4, -0.2) is 34.8 Å². The number of hydrogen-bond acceptors (Lipinski definition) is 2. The summed E-state index contributed by atoms with van der Waals surface area (Å²) in [4.78, 5) is 30.3. The molecule has 0 unspecified atom stereocenters. The predicted molar refractivity (Wildman–Crippen MR) is 110 cm³/mol. The summed E-state index contributed by atoms with van der Waals surface area (Å²) < 4.78 is 0. The van der Waals surface area contributed by atoms with Gasteiger partial charge in [0.2, 0.25) is 11.8 Å². The number of nitrogens with zero attached hydrogens (tertiary/aromatic N) is 1. The van der Waals surface area contributed by atoms with Crippen molar-refractivity contribution in [1.82, 2.24) is 15.2 Å². The van der Waals surface area contributed by atoms with Crippen molar-refractivity contribution in [3.63, 3.8) is 0 Å². The number of hydrogen-bond donors (Lipinski definition) is 2. The van der Waals surface area contributed by atoms with Crippen molar-refractivity contribution >= 4 is 22.7 Å². The highest BCUT2D eigenvalue weighted by atomic mass is 16.2. The number of aromatic amines is 1. The first-order valence-corrected chi connectivity index (χ1v) is 9.85. The number of aromatic nitrogens is 1. The molecule has 1 aliphatic rings. The van der Waals surface area contributed by atoms with Gasteiger partial charge in [-0.25, -0.2) is 0 Å². The highest BCUT2D eigenvalue weighted by Gasteiger charge is 2.27. The second kappa shape index (κ2) is 8.30. The first-order valence-electron chi connectivity index (χ1n) is 9.85. The molecule has 1 saturated heterocycles. The molecule has 1 aromatic heterocycles. The Labute approximate surface area is 164 Å². The number of fused-ring (bicyclic) bond motifs is 1. The Bertz CT molecular complexity index is 956. The Morgan fingerprint density at radius 1 is 1.00 bits per heavy atom. The van der Waals surface area contributed by atoms with Crippen LogP contribution in [0.15, 0.2) is 60.8 Å². The van der Waals surface area contributed by atoms with E-state index in [0.29, 0.717) is 26.1 Å². The van der Waals surface area contributed by atoms with Crippen molar-refractivity contribution < 1.29 is 9.59 Å². The SMILES string of the molecule is O=C(NCc1ccccc1)C1CCN(C(=O)Cc2c[nH]c3ccccc23)CC1. The monoisotopic (exact) mass is 375 g/mol. The number of carbonyl (C=O) groups excluding carboxylic acids is 2. The van der Waals surface area contributed by atoms with E-state index >= 15 is 0 Å². The van der Waals surface area contributed by atoms with Gasteiger partial charge in [0.05, 0.1) is 6.42 Å². The third-order valence-electron chi connectivity index (χ3n) is 5.54. The lowest BCUT2D eigenvalue weighted by molar-refractivity contribution is -0.135. The minimum absolute atomic E-state index is 0.0131. The van der Waals surface area contributed by atoms with E-state index < -0.39 is 0 Å². The lowest BCUT2D eigenvalue weighted by Gasteiger charge is -2.31. The molecule has 0 saturated carbocycles. The number of para-hydroxylation sites is 1. The van der Waals surface area contributed by atoms with Crippen molar-refractivity contribution in [3.05, 3.63) is 71.9 Å². The molecule has 1 aliphatic heterocycles. The molecule has 0 radical (unpaired) electrons. The molecule has 5 heteroatoms. The quantitative estimate of drug-likeness (QED) is 0.719. The molecular weight excluding hydrogens is 350 g/mol. The summed E-state index contributed by atoms with van der Waals surface area (Å²) in [6.07, 6.45) is 3.77. The topological polar surface area (TPSA) is 65.2 Å². The number of amides is 2. The normalized spacial score (nSPS) is 14.9. The summed E-state index contributed by atoms with van der Waals surface area (Å²) >= 11 is 0. The number of piperidine rings is 1. The molecule has 2 heterocycles. The summed E-state index contributed by atoms with van der Waals surface area (Å²) in [5, 5.41) is 4.13. The molecule has 2 N–H and O–H groups in total. The van der Waals surface area contributed by atoms with E-state index in [1.807, 2.05) is 65.7 Å². The lowest BCUT2D eigenvalue weighted by Crippen LogP contribution is -2.43. The molecule has 28 heavy (non-hydrogen) atoms. The zero-order valence-electron chi connectivity index (χ0n) is 15.9. The van der Waals surface area contributed by atoms with Gasteiger partial charge in [0.25, 0.3) is 0 Å². The first-order chi connectivity index (χ1) is 13.7. The maximum atomic E-state index is 12.7. The maximum Gasteiger partial charge on any atom is 0.227 e. The molecule has 4 rings (SSSR count). The minimum atomic E-state index is -0.0131. The first kappa shape index (κ1) is 18.3. The van der Waals surface area contributed by atoms with Crippen molar-refractivity contribution in [1.29, 1.82) is 0 Å². The van der Waals surface area contributed by atoms with Crippen molar-refractivity contribution in [2.24, 2.45) is 5.92 Å². The van der Waals surface area contributed by atoms with Gasteiger partial charge in [-0.05, 0) is 30.0 Å². The van der Waals surface area contributed by atoms with Gasteiger partial charge in [0.1, 0.15) is 0 Å². The second-order valence-electron chi connectivity index (χ2n) is 7.39. The minimum Gasteiger partial charge on any atom is -0.361 e. The van der Waals surface area contributed by atoms with Crippen molar-refractivity contribution in [3.8, 4) is 0 Å². The van der Waals surface area contributed by atoms with Gasteiger partial charge < -0.3 is 15.2 Å². The van der Waals surface area contributed by atoms with Crippen LogP contribution in [0.25, 0.3) is 10.9 Å². The summed E-state index contributed by atoms with van der Waals surface area (Å²) in [5.74, 6) is 0.210. The summed E-state index contributed by atoms with van der Waals surface area (Å²) in [5.41, 5.74) is 3.18. The van der Waals surface area contributed by atoms with Crippen molar-refractivity contribution in [2.45, 2.75) is 25.8 Å². The van der Waals surface area contributed by atoms with Crippen LogP contribution in [0.5, 0.6) is 0 Å².